The van der Waals surface area contributed by atoms with Crippen LogP contribution >= 0.6 is 0 Å². The van der Waals surface area contributed by atoms with Crippen LogP contribution in [-0.4, -0.2) is 17.5 Å². The van der Waals surface area contributed by atoms with Gasteiger partial charge >= 0.3 is 0 Å². The molecule has 0 atom stereocenters. The number of para-hydroxylation sites is 1. The van der Waals surface area contributed by atoms with E-state index in [1.807, 2.05) is 18.5 Å². The van der Waals surface area contributed by atoms with Gasteiger partial charge in [0.1, 0.15) is 0 Å². The molecule has 3 N–H and O–H groups in total. The Labute approximate surface area is 138 Å². The molecule has 2 aromatic rings. The maximum absolute atomic E-state index is 6.08. The number of aromatic nitrogens is 1. The number of nitrogens with zero attached hydrogens (tertiary/aromatic N) is 2. The summed E-state index contributed by atoms with van der Waals surface area (Å²) in [6, 6.07) is 8.41. The summed E-state index contributed by atoms with van der Waals surface area (Å²) in [5.41, 5.74) is 12.2. The summed E-state index contributed by atoms with van der Waals surface area (Å²) in [6.07, 6.45) is 6.51. The first kappa shape index (κ1) is 17.0. The molecule has 0 aliphatic rings. The monoisotopic (exact) mass is 310 g/mol. The zero-order valence-electron chi connectivity index (χ0n) is 14.3. The topological polar surface area (TPSA) is 63.3 Å². The average molecular weight is 310 g/mol. The van der Waals surface area contributed by atoms with E-state index in [2.05, 4.69) is 54.3 Å². The van der Waals surface area contributed by atoms with Gasteiger partial charge in [-0.05, 0) is 54.5 Å². The molecule has 2 rings (SSSR count). The van der Waals surface area contributed by atoms with E-state index in [9.17, 15) is 0 Å². The number of aliphatic imine (C=N–C) groups is 1. The van der Waals surface area contributed by atoms with Crippen LogP contribution in [0.3, 0.4) is 0 Å². The van der Waals surface area contributed by atoms with E-state index in [4.69, 9.17) is 5.73 Å². The van der Waals surface area contributed by atoms with Crippen LogP contribution in [0, 0.1) is 6.92 Å². The Kier molecular flexibility index (Phi) is 6.15. The number of benzene rings is 1. The lowest BCUT2D eigenvalue weighted by molar-refractivity contribution is 0.947. The van der Waals surface area contributed by atoms with Crippen molar-refractivity contribution in [1.82, 2.24) is 4.98 Å². The lowest BCUT2D eigenvalue weighted by Gasteiger charge is -2.14. The van der Waals surface area contributed by atoms with Crippen LogP contribution in [-0.2, 0) is 19.3 Å². The normalized spacial score (nSPS) is 11.5. The van der Waals surface area contributed by atoms with Crippen molar-refractivity contribution >= 4 is 11.6 Å². The third kappa shape index (κ3) is 4.55. The van der Waals surface area contributed by atoms with E-state index in [1.165, 1.54) is 22.3 Å². The van der Waals surface area contributed by atoms with E-state index < -0.39 is 0 Å². The van der Waals surface area contributed by atoms with E-state index in [1.54, 1.807) is 0 Å². The van der Waals surface area contributed by atoms with Crippen molar-refractivity contribution in [2.24, 2.45) is 10.7 Å². The second-order valence-electron chi connectivity index (χ2n) is 5.60. The Balaban J connectivity index is 2.04. The molecular weight excluding hydrogens is 284 g/mol. The molecule has 0 amide bonds. The maximum atomic E-state index is 6.08. The number of hydrogen-bond donors (Lipinski definition) is 2. The van der Waals surface area contributed by atoms with E-state index >= 15 is 0 Å². The molecule has 0 saturated carbocycles. The molecule has 4 heteroatoms. The van der Waals surface area contributed by atoms with Crippen LogP contribution in [0.15, 0.2) is 41.7 Å². The third-order valence-electron chi connectivity index (χ3n) is 4.05. The smallest absolute Gasteiger partial charge is 0.193 e. The SMILES string of the molecule is CCc1cccc(CC)c1NC(N)=NCCc1ccncc1C. The Morgan fingerprint density at radius 1 is 1.13 bits per heavy atom. The Morgan fingerprint density at radius 3 is 2.43 bits per heavy atom. The molecule has 0 aliphatic heterocycles. The fourth-order valence-electron chi connectivity index (χ4n) is 2.65. The van der Waals surface area contributed by atoms with Gasteiger partial charge in [0.25, 0.3) is 0 Å². The van der Waals surface area contributed by atoms with Crippen molar-refractivity contribution in [3.63, 3.8) is 0 Å². The van der Waals surface area contributed by atoms with Gasteiger partial charge in [0.2, 0.25) is 0 Å². The summed E-state index contributed by atoms with van der Waals surface area (Å²) in [4.78, 5) is 8.58. The van der Waals surface area contributed by atoms with E-state index in [0.717, 1.165) is 24.9 Å². The van der Waals surface area contributed by atoms with Gasteiger partial charge in [-0.1, -0.05) is 32.0 Å². The first-order chi connectivity index (χ1) is 11.2. The predicted molar refractivity (Wildman–Crippen MR) is 98.0 cm³/mol. The van der Waals surface area contributed by atoms with Gasteiger partial charge in [-0.3, -0.25) is 9.98 Å². The van der Waals surface area contributed by atoms with Crippen molar-refractivity contribution in [1.29, 1.82) is 0 Å². The van der Waals surface area contributed by atoms with Crippen LogP contribution in [0.5, 0.6) is 0 Å². The molecule has 0 unspecified atom stereocenters. The van der Waals surface area contributed by atoms with E-state index in [-0.39, 0.29) is 0 Å². The highest BCUT2D eigenvalue weighted by atomic mass is 15.1. The number of nitrogens with one attached hydrogen (secondary N) is 1. The summed E-state index contributed by atoms with van der Waals surface area (Å²) >= 11 is 0. The van der Waals surface area contributed by atoms with Crippen molar-refractivity contribution in [3.05, 3.63) is 58.9 Å². The lowest BCUT2D eigenvalue weighted by Crippen LogP contribution is -2.24. The summed E-state index contributed by atoms with van der Waals surface area (Å²) < 4.78 is 0. The molecule has 0 saturated heterocycles. The summed E-state index contributed by atoms with van der Waals surface area (Å²) in [5.74, 6) is 0.479. The van der Waals surface area contributed by atoms with Crippen molar-refractivity contribution < 1.29 is 0 Å². The van der Waals surface area contributed by atoms with Crippen molar-refractivity contribution in [2.75, 3.05) is 11.9 Å². The molecule has 4 nitrogen and oxygen atoms in total. The quantitative estimate of drug-likeness (QED) is 0.634. The number of hydrogen-bond acceptors (Lipinski definition) is 2. The summed E-state index contributed by atoms with van der Waals surface area (Å²) in [7, 11) is 0. The predicted octanol–water partition coefficient (Wildman–Crippen LogP) is 3.48. The van der Waals surface area contributed by atoms with Gasteiger partial charge in [0.15, 0.2) is 5.96 Å². The van der Waals surface area contributed by atoms with Gasteiger partial charge in [0.05, 0.1) is 0 Å². The highest BCUT2D eigenvalue weighted by Crippen LogP contribution is 2.22. The molecule has 0 radical (unpaired) electrons. The highest BCUT2D eigenvalue weighted by Gasteiger charge is 2.07. The Hall–Kier alpha value is -2.36. The van der Waals surface area contributed by atoms with Gasteiger partial charge < -0.3 is 11.1 Å². The maximum Gasteiger partial charge on any atom is 0.193 e. The minimum atomic E-state index is 0.479. The van der Waals surface area contributed by atoms with Crippen molar-refractivity contribution in [2.45, 2.75) is 40.0 Å². The first-order valence-electron chi connectivity index (χ1n) is 8.22. The molecule has 0 spiro atoms. The van der Waals surface area contributed by atoms with Gasteiger partial charge in [0, 0.05) is 24.6 Å². The number of pyridine rings is 1. The van der Waals surface area contributed by atoms with Gasteiger partial charge in [-0.2, -0.15) is 0 Å². The molecule has 0 aliphatic carbocycles. The second-order valence-corrected chi connectivity index (χ2v) is 5.60. The number of rotatable bonds is 6. The fourth-order valence-corrected chi connectivity index (χ4v) is 2.65. The molecule has 1 aromatic carbocycles. The number of guanidine groups is 1. The standard InChI is InChI=1S/C19H26N4/c1-4-15-7-6-8-16(5-2)18(15)23-19(20)22-12-10-17-9-11-21-13-14(17)3/h6-9,11,13H,4-5,10,12H2,1-3H3,(H3,20,22,23). The Bertz CT molecular complexity index is 655. The van der Waals surface area contributed by atoms with E-state index in [0.29, 0.717) is 12.5 Å². The molecule has 0 fully saturated rings. The minimum absolute atomic E-state index is 0.479. The van der Waals surface area contributed by atoms with Crippen molar-refractivity contribution in [3.8, 4) is 0 Å². The Morgan fingerprint density at radius 2 is 1.83 bits per heavy atom. The first-order valence-corrected chi connectivity index (χ1v) is 8.22. The molecule has 1 aromatic heterocycles. The highest BCUT2D eigenvalue weighted by molar-refractivity contribution is 5.93. The number of anilines is 1. The molecule has 0 bridgehead atoms. The molecular formula is C19H26N4. The molecule has 23 heavy (non-hydrogen) atoms. The van der Waals surface area contributed by atoms with Crippen LogP contribution < -0.4 is 11.1 Å². The summed E-state index contributed by atoms with van der Waals surface area (Å²) in [6.45, 7) is 7.04. The van der Waals surface area contributed by atoms with Gasteiger partial charge in [-0.15, -0.1) is 0 Å². The number of nitrogens with two attached hydrogens (primary N) is 1. The average Bonchev–Trinajstić information content (AvgIpc) is 2.56. The van der Waals surface area contributed by atoms with Crippen LogP contribution in [0.4, 0.5) is 5.69 Å². The number of aryl methyl sites for hydroxylation is 3. The fraction of sp³-hybridized carbons (Fsp3) is 0.368. The molecule has 122 valence electrons. The van der Waals surface area contributed by atoms with Gasteiger partial charge in [-0.25, -0.2) is 0 Å². The molecule has 1 heterocycles. The summed E-state index contributed by atoms with van der Waals surface area (Å²) in [5, 5.41) is 3.30. The lowest BCUT2D eigenvalue weighted by atomic mass is 10.0. The van der Waals surface area contributed by atoms with Crippen LogP contribution in [0.25, 0.3) is 0 Å². The zero-order valence-corrected chi connectivity index (χ0v) is 14.3. The zero-order chi connectivity index (χ0) is 16.7. The minimum Gasteiger partial charge on any atom is -0.370 e. The van der Waals surface area contributed by atoms with Crippen LogP contribution in [0.1, 0.15) is 36.1 Å². The largest absolute Gasteiger partial charge is 0.370 e. The third-order valence-corrected chi connectivity index (χ3v) is 4.05. The van der Waals surface area contributed by atoms with Crippen LogP contribution in [0.2, 0.25) is 0 Å². The second kappa shape index (κ2) is 8.32.